The zero-order valence-electron chi connectivity index (χ0n) is 17.4. The number of hydrogen-bond acceptors (Lipinski definition) is 6. The fourth-order valence-corrected chi connectivity index (χ4v) is 3.46. The summed E-state index contributed by atoms with van der Waals surface area (Å²) >= 11 is 0. The molecule has 0 bridgehead atoms. The van der Waals surface area contributed by atoms with E-state index in [0.717, 1.165) is 67.0 Å². The second kappa shape index (κ2) is 9.39. The van der Waals surface area contributed by atoms with Gasteiger partial charge in [-0.15, -0.1) is 10.2 Å². The van der Waals surface area contributed by atoms with Crippen molar-refractivity contribution in [3.63, 3.8) is 0 Å². The van der Waals surface area contributed by atoms with Crippen LogP contribution in [0.2, 0.25) is 0 Å². The number of aromatic nitrogens is 8. The molecule has 4 aromatic rings. The predicted molar refractivity (Wildman–Crippen MR) is 115 cm³/mol. The Kier molecular flexibility index (Phi) is 6.22. The molecule has 0 saturated carbocycles. The van der Waals surface area contributed by atoms with Crippen LogP contribution in [0.1, 0.15) is 50.3 Å². The number of rotatable bonds is 9. The van der Waals surface area contributed by atoms with E-state index < -0.39 is 0 Å². The third kappa shape index (κ3) is 4.42. The molecule has 0 atom stereocenters. The van der Waals surface area contributed by atoms with Gasteiger partial charge in [0.2, 0.25) is 5.82 Å². The van der Waals surface area contributed by atoms with Gasteiger partial charge in [-0.3, -0.25) is 4.98 Å². The molecule has 1 aromatic carbocycles. The second-order valence-electron chi connectivity index (χ2n) is 7.31. The van der Waals surface area contributed by atoms with E-state index in [0.29, 0.717) is 5.82 Å². The number of H-pyrrole nitrogens is 1. The number of benzene rings is 1. The van der Waals surface area contributed by atoms with Crippen LogP contribution >= 0.6 is 0 Å². The quantitative estimate of drug-likeness (QED) is 0.456. The van der Waals surface area contributed by atoms with Gasteiger partial charge in [-0.2, -0.15) is 10.3 Å². The van der Waals surface area contributed by atoms with Gasteiger partial charge < -0.3 is 0 Å². The summed E-state index contributed by atoms with van der Waals surface area (Å²) in [6, 6.07) is 10.4. The molecule has 0 aliphatic carbocycles. The molecule has 0 aliphatic heterocycles. The largest absolute Gasteiger partial charge is 0.264 e. The van der Waals surface area contributed by atoms with Crippen molar-refractivity contribution in [2.45, 2.75) is 52.5 Å². The van der Waals surface area contributed by atoms with Crippen molar-refractivity contribution in [2.24, 2.45) is 0 Å². The highest BCUT2D eigenvalue weighted by Crippen LogP contribution is 2.29. The lowest BCUT2D eigenvalue weighted by Crippen LogP contribution is -2.07. The van der Waals surface area contributed by atoms with Gasteiger partial charge in [0.25, 0.3) is 0 Å². The van der Waals surface area contributed by atoms with Crippen molar-refractivity contribution in [1.82, 2.24) is 40.4 Å². The van der Waals surface area contributed by atoms with E-state index in [1.54, 1.807) is 6.20 Å². The third-order valence-corrected chi connectivity index (χ3v) is 5.02. The molecule has 0 saturated heterocycles. The lowest BCUT2D eigenvalue weighted by molar-refractivity contribution is 0.621. The number of unbranched alkanes of at least 4 members (excludes halogenated alkanes) is 1. The minimum atomic E-state index is 0.558. The molecular weight excluding hydrogens is 376 g/mol. The van der Waals surface area contributed by atoms with Crippen LogP contribution in [0.15, 0.2) is 42.7 Å². The number of tetrazole rings is 1. The average molecular weight is 403 g/mol. The monoisotopic (exact) mass is 402 g/mol. The molecule has 3 aromatic heterocycles. The molecule has 30 heavy (non-hydrogen) atoms. The van der Waals surface area contributed by atoms with E-state index in [1.165, 1.54) is 5.56 Å². The highest BCUT2D eigenvalue weighted by atomic mass is 15.5. The van der Waals surface area contributed by atoms with Crippen LogP contribution in [0.3, 0.4) is 0 Å². The molecule has 154 valence electrons. The molecular formula is C22H26N8. The van der Waals surface area contributed by atoms with Crippen molar-refractivity contribution in [3.05, 3.63) is 59.9 Å². The van der Waals surface area contributed by atoms with Crippen LogP contribution in [0.5, 0.6) is 0 Å². The first-order valence-electron chi connectivity index (χ1n) is 10.5. The van der Waals surface area contributed by atoms with E-state index in [9.17, 15) is 0 Å². The third-order valence-electron chi connectivity index (χ3n) is 5.02. The Morgan fingerprint density at radius 3 is 2.57 bits per heavy atom. The lowest BCUT2D eigenvalue weighted by Gasteiger charge is -2.09. The van der Waals surface area contributed by atoms with E-state index in [-0.39, 0.29) is 0 Å². The number of aromatic amines is 1. The molecule has 0 unspecified atom stereocenters. The first-order chi connectivity index (χ1) is 14.8. The first-order valence-corrected chi connectivity index (χ1v) is 10.5. The maximum atomic E-state index is 4.76. The van der Waals surface area contributed by atoms with Crippen LogP contribution in [0.25, 0.3) is 22.5 Å². The van der Waals surface area contributed by atoms with Gasteiger partial charge in [0.15, 0.2) is 5.82 Å². The van der Waals surface area contributed by atoms with E-state index in [4.69, 9.17) is 10.1 Å². The highest BCUT2D eigenvalue weighted by molar-refractivity contribution is 5.79. The van der Waals surface area contributed by atoms with Gasteiger partial charge in [0, 0.05) is 36.4 Å². The molecule has 0 radical (unpaired) electrons. The summed E-state index contributed by atoms with van der Waals surface area (Å²) in [5.74, 6) is 2.58. The molecule has 0 amide bonds. The van der Waals surface area contributed by atoms with Gasteiger partial charge in [-0.1, -0.05) is 44.5 Å². The molecule has 8 nitrogen and oxygen atoms in total. The Labute approximate surface area is 175 Å². The molecule has 0 fully saturated rings. The Bertz CT molecular complexity index is 1070. The lowest BCUT2D eigenvalue weighted by atomic mass is 10.0. The van der Waals surface area contributed by atoms with Crippen molar-refractivity contribution < 1.29 is 0 Å². The summed E-state index contributed by atoms with van der Waals surface area (Å²) in [5.41, 5.74) is 4.11. The maximum absolute atomic E-state index is 4.76. The Balaban J connectivity index is 1.56. The average Bonchev–Trinajstić information content (AvgIpc) is 3.44. The maximum Gasteiger partial charge on any atom is 0.205 e. The van der Waals surface area contributed by atoms with Crippen molar-refractivity contribution in [2.75, 3.05) is 0 Å². The van der Waals surface area contributed by atoms with Crippen molar-refractivity contribution >= 4 is 0 Å². The first kappa shape index (κ1) is 19.9. The molecule has 0 spiro atoms. The fourth-order valence-electron chi connectivity index (χ4n) is 3.46. The predicted octanol–water partition coefficient (Wildman–Crippen LogP) is 3.86. The van der Waals surface area contributed by atoms with E-state index >= 15 is 0 Å². The summed E-state index contributed by atoms with van der Waals surface area (Å²) in [6.45, 7) is 5.09. The van der Waals surface area contributed by atoms with Crippen LogP contribution in [0, 0.1) is 0 Å². The SMILES string of the molecule is CCCCc1nc(CCC)n(Cc2ccc(-c3cnccc3-c3nn[nH]n3)cc2)n1. The van der Waals surface area contributed by atoms with Gasteiger partial charge in [0.05, 0.1) is 6.54 Å². The number of pyridine rings is 1. The van der Waals surface area contributed by atoms with Crippen LogP contribution in [0.4, 0.5) is 0 Å². The fraction of sp³-hybridized carbons (Fsp3) is 0.364. The topological polar surface area (TPSA) is 98.1 Å². The van der Waals surface area contributed by atoms with Gasteiger partial charge in [-0.05, 0) is 35.2 Å². The summed E-state index contributed by atoms with van der Waals surface area (Å²) in [6.07, 6.45) is 8.79. The standard InChI is InChI=1S/C22H26N8/c1-3-5-7-20-24-21(6-4-2)30(27-20)15-16-8-10-17(11-9-16)19-14-23-13-12-18(19)22-25-28-29-26-22/h8-14H,3-7,15H2,1-2H3,(H,25,26,28,29). The van der Waals surface area contributed by atoms with Crippen LogP contribution in [-0.4, -0.2) is 40.4 Å². The Morgan fingerprint density at radius 1 is 0.967 bits per heavy atom. The van der Waals surface area contributed by atoms with Crippen molar-refractivity contribution in [1.29, 1.82) is 0 Å². The number of hydrogen-bond donors (Lipinski definition) is 1. The number of nitrogens with zero attached hydrogens (tertiary/aromatic N) is 7. The summed E-state index contributed by atoms with van der Waals surface area (Å²) < 4.78 is 2.05. The number of nitrogens with one attached hydrogen (secondary N) is 1. The molecule has 8 heteroatoms. The summed E-state index contributed by atoms with van der Waals surface area (Å²) in [5, 5.41) is 19.1. The van der Waals surface area contributed by atoms with Crippen molar-refractivity contribution in [3.8, 4) is 22.5 Å². The minimum Gasteiger partial charge on any atom is -0.264 e. The minimum absolute atomic E-state index is 0.558. The molecule has 1 N–H and O–H groups in total. The van der Waals surface area contributed by atoms with Gasteiger partial charge >= 0.3 is 0 Å². The molecule has 4 rings (SSSR count). The zero-order chi connectivity index (χ0) is 20.8. The second-order valence-corrected chi connectivity index (χ2v) is 7.31. The van der Waals surface area contributed by atoms with E-state index in [2.05, 4.69) is 68.4 Å². The van der Waals surface area contributed by atoms with Crippen LogP contribution < -0.4 is 0 Å². The number of aryl methyl sites for hydroxylation is 2. The summed E-state index contributed by atoms with van der Waals surface area (Å²) in [4.78, 5) is 9.03. The van der Waals surface area contributed by atoms with Gasteiger partial charge in [-0.25, -0.2) is 9.67 Å². The normalized spacial score (nSPS) is 11.1. The Hall–Kier alpha value is -3.42. The molecule has 0 aliphatic rings. The highest BCUT2D eigenvalue weighted by Gasteiger charge is 2.12. The zero-order valence-corrected chi connectivity index (χ0v) is 17.4. The molecule has 3 heterocycles. The van der Waals surface area contributed by atoms with Crippen LogP contribution in [-0.2, 0) is 19.4 Å². The smallest absolute Gasteiger partial charge is 0.205 e. The summed E-state index contributed by atoms with van der Waals surface area (Å²) in [7, 11) is 0. The van der Waals surface area contributed by atoms with E-state index in [1.807, 2.05) is 12.3 Å². The van der Waals surface area contributed by atoms with Gasteiger partial charge in [0.1, 0.15) is 5.82 Å². The Morgan fingerprint density at radius 2 is 1.83 bits per heavy atom.